The maximum atomic E-state index is 12.7. The highest BCUT2D eigenvalue weighted by molar-refractivity contribution is 6.35. The van der Waals surface area contributed by atoms with Gasteiger partial charge >= 0.3 is 11.8 Å². The number of unbranched alkanes of at least 4 members (excludes halogenated alkanes) is 1. The van der Waals surface area contributed by atoms with Gasteiger partial charge in [0.1, 0.15) is 0 Å². The van der Waals surface area contributed by atoms with Gasteiger partial charge in [-0.2, -0.15) is 0 Å². The zero-order valence-electron chi connectivity index (χ0n) is 14.4. The van der Waals surface area contributed by atoms with E-state index in [9.17, 15) is 9.59 Å². The summed E-state index contributed by atoms with van der Waals surface area (Å²) in [5.74, 6) is -0.824. The first-order valence-corrected chi connectivity index (χ1v) is 7.88. The van der Waals surface area contributed by atoms with Gasteiger partial charge in [-0.25, -0.2) is 0 Å². The highest BCUT2D eigenvalue weighted by atomic mass is 16.2. The zero-order chi connectivity index (χ0) is 16.4. The number of rotatable bonds is 3. The molecule has 5 nitrogen and oxygen atoms in total. The van der Waals surface area contributed by atoms with Gasteiger partial charge in [-0.15, -0.1) is 0 Å². The van der Waals surface area contributed by atoms with Crippen LogP contribution < -0.4 is 5.73 Å². The molecule has 1 aliphatic rings. The molecule has 0 unspecified atom stereocenters. The van der Waals surface area contributed by atoms with Gasteiger partial charge in [-0.05, 0) is 47.0 Å². The van der Waals surface area contributed by atoms with Crippen LogP contribution in [0.3, 0.4) is 0 Å². The molecule has 0 atom stereocenters. The van der Waals surface area contributed by atoms with Crippen LogP contribution in [0.5, 0.6) is 0 Å². The lowest BCUT2D eigenvalue weighted by atomic mass is 9.77. The van der Waals surface area contributed by atoms with Crippen LogP contribution in [0.4, 0.5) is 0 Å². The van der Waals surface area contributed by atoms with E-state index >= 15 is 0 Å². The molecule has 0 saturated carbocycles. The molecule has 122 valence electrons. The summed E-state index contributed by atoms with van der Waals surface area (Å²) < 4.78 is 0. The minimum atomic E-state index is -0.417. The predicted molar refractivity (Wildman–Crippen MR) is 84.8 cm³/mol. The lowest BCUT2D eigenvalue weighted by Crippen LogP contribution is -2.67. The number of hydrogen-bond donors (Lipinski definition) is 1. The first-order valence-electron chi connectivity index (χ1n) is 7.88. The molecule has 0 aromatic rings. The third kappa shape index (κ3) is 3.96. The van der Waals surface area contributed by atoms with Crippen molar-refractivity contribution in [3.63, 3.8) is 0 Å². The number of likely N-dealkylation sites (tertiary alicyclic amines) is 1. The molecule has 0 radical (unpaired) electrons. The Kier molecular flexibility index (Phi) is 5.42. The summed E-state index contributed by atoms with van der Waals surface area (Å²) in [6, 6.07) is 0.0620. The van der Waals surface area contributed by atoms with Crippen molar-refractivity contribution in [3.05, 3.63) is 0 Å². The predicted octanol–water partition coefficient (Wildman–Crippen LogP) is 1.75. The number of piperidine rings is 1. The van der Waals surface area contributed by atoms with Crippen LogP contribution >= 0.6 is 0 Å². The number of carbonyl (C=O) groups excluding carboxylic acids is 2. The molecule has 1 saturated heterocycles. The number of nitrogens with two attached hydrogens (primary N) is 1. The fourth-order valence-electron chi connectivity index (χ4n) is 3.66. The van der Waals surface area contributed by atoms with Crippen molar-refractivity contribution in [2.75, 3.05) is 13.6 Å². The third-order valence-electron chi connectivity index (χ3n) is 4.31. The van der Waals surface area contributed by atoms with Gasteiger partial charge in [-0.1, -0.05) is 13.3 Å². The van der Waals surface area contributed by atoms with E-state index in [1.165, 1.54) is 4.90 Å². The van der Waals surface area contributed by atoms with Gasteiger partial charge in [0.15, 0.2) is 0 Å². The lowest BCUT2D eigenvalue weighted by Gasteiger charge is -2.54. The molecule has 2 N–H and O–H groups in total. The van der Waals surface area contributed by atoms with Gasteiger partial charge in [-0.3, -0.25) is 9.59 Å². The average molecular weight is 297 g/mol. The monoisotopic (exact) mass is 297 g/mol. The largest absolute Gasteiger partial charge is 0.338 e. The summed E-state index contributed by atoms with van der Waals surface area (Å²) in [5.41, 5.74) is 5.31. The normalized spacial score (nSPS) is 21.2. The minimum absolute atomic E-state index is 0.0620. The third-order valence-corrected chi connectivity index (χ3v) is 4.31. The maximum Gasteiger partial charge on any atom is 0.312 e. The van der Waals surface area contributed by atoms with Gasteiger partial charge < -0.3 is 15.5 Å². The van der Waals surface area contributed by atoms with E-state index in [1.54, 1.807) is 11.9 Å². The second kappa shape index (κ2) is 6.34. The molecule has 0 aromatic heterocycles. The Morgan fingerprint density at radius 3 is 2.10 bits per heavy atom. The Balaban J connectivity index is 2.95. The SMILES string of the molecule is CCCCN(C)C(=O)C(=O)N1C(C)(C)CC(N)CC1(C)C. The van der Waals surface area contributed by atoms with E-state index in [2.05, 4.69) is 6.92 Å². The van der Waals surface area contributed by atoms with Crippen molar-refractivity contribution in [2.45, 2.75) is 77.4 Å². The van der Waals surface area contributed by atoms with Crippen molar-refractivity contribution in [1.29, 1.82) is 0 Å². The van der Waals surface area contributed by atoms with Gasteiger partial charge in [0.25, 0.3) is 0 Å². The standard InChI is InChI=1S/C16H31N3O2/c1-7-8-9-18(6)13(20)14(21)19-15(2,3)10-12(17)11-16(19,4)5/h12H,7-11,17H2,1-6H3. The summed E-state index contributed by atoms with van der Waals surface area (Å²) in [4.78, 5) is 28.4. The Labute approximate surface area is 128 Å². The molecule has 0 spiro atoms. The second-order valence-electron chi connectivity index (χ2n) is 7.51. The van der Waals surface area contributed by atoms with E-state index in [1.807, 2.05) is 27.7 Å². The van der Waals surface area contributed by atoms with Gasteiger partial charge in [0, 0.05) is 30.7 Å². The summed E-state index contributed by atoms with van der Waals surface area (Å²) in [7, 11) is 1.70. The first kappa shape index (κ1) is 18.0. The van der Waals surface area contributed by atoms with Crippen molar-refractivity contribution < 1.29 is 9.59 Å². The zero-order valence-corrected chi connectivity index (χ0v) is 14.4. The summed E-state index contributed by atoms with van der Waals surface area (Å²) >= 11 is 0. The fourth-order valence-corrected chi connectivity index (χ4v) is 3.66. The molecular formula is C16H31N3O2. The number of amides is 2. The van der Waals surface area contributed by atoms with Crippen LogP contribution in [0.25, 0.3) is 0 Å². The first-order chi connectivity index (χ1) is 9.53. The van der Waals surface area contributed by atoms with Gasteiger partial charge in [0.05, 0.1) is 0 Å². The van der Waals surface area contributed by atoms with Crippen molar-refractivity contribution in [2.24, 2.45) is 5.73 Å². The van der Waals surface area contributed by atoms with E-state index < -0.39 is 22.9 Å². The van der Waals surface area contributed by atoms with Crippen LogP contribution in [0.15, 0.2) is 0 Å². The van der Waals surface area contributed by atoms with Crippen molar-refractivity contribution in [3.8, 4) is 0 Å². The second-order valence-corrected chi connectivity index (χ2v) is 7.51. The summed E-state index contributed by atoms with van der Waals surface area (Å²) in [5, 5.41) is 0. The van der Waals surface area contributed by atoms with E-state index in [0.29, 0.717) is 19.4 Å². The van der Waals surface area contributed by atoms with Gasteiger partial charge in [0.2, 0.25) is 0 Å². The lowest BCUT2D eigenvalue weighted by molar-refractivity contribution is -0.163. The number of nitrogens with zero attached hydrogens (tertiary/aromatic N) is 2. The molecule has 1 heterocycles. The van der Waals surface area contributed by atoms with E-state index in [4.69, 9.17) is 5.73 Å². The van der Waals surface area contributed by atoms with Crippen LogP contribution in [0.2, 0.25) is 0 Å². The molecule has 1 aliphatic heterocycles. The van der Waals surface area contributed by atoms with Crippen LogP contribution in [-0.4, -0.2) is 52.3 Å². The van der Waals surface area contributed by atoms with Crippen LogP contribution in [0.1, 0.15) is 60.3 Å². The molecule has 0 bridgehead atoms. The number of hydrogen-bond acceptors (Lipinski definition) is 3. The molecule has 0 aliphatic carbocycles. The van der Waals surface area contributed by atoms with E-state index in [0.717, 1.165) is 12.8 Å². The number of carbonyl (C=O) groups is 2. The fraction of sp³-hybridized carbons (Fsp3) is 0.875. The topological polar surface area (TPSA) is 66.6 Å². The molecule has 2 amide bonds. The molecular weight excluding hydrogens is 266 g/mol. The smallest absolute Gasteiger partial charge is 0.312 e. The average Bonchev–Trinajstić information content (AvgIpc) is 2.30. The number of likely N-dealkylation sites (N-methyl/N-ethyl adjacent to an activating group) is 1. The molecule has 0 aromatic carbocycles. The molecule has 1 fully saturated rings. The maximum absolute atomic E-state index is 12.7. The molecule has 1 rings (SSSR count). The molecule has 5 heteroatoms. The van der Waals surface area contributed by atoms with Crippen LogP contribution in [0, 0.1) is 0 Å². The quantitative estimate of drug-likeness (QED) is 0.807. The Hall–Kier alpha value is -1.10. The summed E-state index contributed by atoms with van der Waals surface area (Å²) in [6.07, 6.45) is 3.34. The Bertz CT molecular complexity index is 386. The Morgan fingerprint density at radius 1 is 1.19 bits per heavy atom. The van der Waals surface area contributed by atoms with E-state index in [-0.39, 0.29) is 6.04 Å². The highest BCUT2D eigenvalue weighted by Gasteiger charge is 2.48. The summed E-state index contributed by atoms with van der Waals surface area (Å²) in [6.45, 7) is 10.7. The highest BCUT2D eigenvalue weighted by Crippen LogP contribution is 2.37. The minimum Gasteiger partial charge on any atom is -0.338 e. The van der Waals surface area contributed by atoms with Crippen LogP contribution in [-0.2, 0) is 9.59 Å². The Morgan fingerprint density at radius 2 is 1.67 bits per heavy atom. The molecule has 21 heavy (non-hydrogen) atoms. The van der Waals surface area contributed by atoms with Crippen molar-refractivity contribution >= 4 is 11.8 Å². The van der Waals surface area contributed by atoms with Crippen molar-refractivity contribution in [1.82, 2.24) is 9.80 Å².